The number of hydrogen-bond donors (Lipinski definition) is 1. The number of carbonyl (C=O) groups excluding carboxylic acids is 1. The second-order valence-electron chi connectivity index (χ2n) is 5.69. The van der Waals surface area contributed by atoms with Crippen LogP contribution in [0.25, 0.3) is 21.0 Å². The minimum atomic E-state index is 0.0791. The van der Waals surface area contributed by atoms with Gasteiger partial charge in [0, 0.05) is 40.8 Å². The topological polar surface area (TPSA) is 45.2 Å². The van der Waals surface area contributed by atoms with Crippen LogP contribution < -0.4 is 10.2 Å². The number of pyridine rings is 1. The number of nitrogens with one attached hydrogen (secondary N) is 1. The molecule has 1 fully saturated rings. The molecular formula is C16H13N3OS. The van der Waals surface area contributed by atoms with Gasteiger partial charge in [0.15, 0.2) is 0 Å². The van der Waals surface area contributed by atoms with Crippen molar-refractivity contribution in [3.8, 4) is 0 Å². The Balaban J connectivity index is 1.94. The summed E-state index contributed by atoms with van der Waals surface area (Å²) in [6.45, 7) is 1.93. The van der Waals surface area contributed by atoms with Crippen molar-refractivity contribution < 1.29 is 4.79 Å². The van der Waals surface area contributed by atoms with E-state index in [1.54, 1.807) is 11.3 Å². The third kappa shape index (κ3) is 1.49. The van der Waals surface area contributed by atoms with Crippen molar-refractivity contribution in [1.82, 2.24) is 10.3 Å². The molecule has 4 nitrogen and oxygen atoms in total. The monoisotopic (exact) mass is 295 g/mol. The molecule has 5 rings (SSSR count). The molecule has 1 aromatic carbocycles. The van der Waals surface area contributed by atoms with Crippen molar-refractivity contribution in [3.63, 3.8) is 0 Å². The number of hydrogen-bond acceptors (Lipinski definition) is 4. The highest BCUT2D eigenvalue weighted by Crippen LogP contribution is 2.44. The molecule has 1 amide bonds. The van der Waals surface area contributed by atoms with Gasteiger partial charge in [0.25, 0.3) is 5.91 Å². The zero-order valence-corrected chi connectivity index (χ0v) is 12.1. The molecule has 1 atom stereocenters. The van der Waals surface area contributed by atoms with Crippen LogP contribution in [0, 0.1) is 0 Å². The summed E-state index contributed by atoms with van der Waals surface area (Å²) in [7, 11) is 0. The van der Waals surface area contributed by atoms with Crippen molar-refractivity contribution in [2.45, 2.75) is 12.5 Å². The van der Waals surface area contributed by atoms with Crippen LogP contribution in [0.4, 0.5) is 5.69 Å². The first-order valence-corrected chi connectivity index (χ1v) is 7.99. The summed E-state index contributed by atoms with van der Waals surface area (Å²) >= 11 is 1.59. The number of carbonyl (C=O) groups is 1. The third-order valence-corrected chi connectivity index (χ3v) is 5.60. The normalized spacial score (nSPS) is 20.7. The fraction of sp³-hybridized carbons (Fsp3) is 0.250. The smallest absolute Gasteiger partial charge is 0.263 e. The van der Waals surface area contributed by atoms with E-state index >= 15 is 0 Å². The van der Waals surface area contributed by atoms with E-state index < -0.39 is 0 Å². The fourth-order valence-corrected chi connectivity index (χ4v) is 4.67. The van der Waals surface area contributed by atoms with Gasteiger partial charge in [-0.3, -0.25) is 9.78 Å². The number of thiophene rings is 1. The van der Waals surface area contributed by atoms with E-state index in [1.807, 2.05) is 18.3 Å². The molecule has 21 heavy (non-hydrogen) atoms. The van der Waals surface area contributed by atoms with E-state index in [1.165, 1.54) is 10.1 Å². The number of aromatic nitrogens is 1. The Morgan fingerprint density at radius 1 is 1.33 bits per heavy atom. The van der Waals surface area contributed by atoms with Gasteiger partial charge in [-0.15, -0.1) is 11.3 Å². The molecule has 104 valence electrons. The molecule has 0 spiro atoms. The third-order valence-electron chi connectivity index (χ3n) is 4.46. The summed E-state index contributed by atoms with van der Waals surface area (Å²) < 4.78 is 1.17. The van der Waals surface area contributed by atoms with Gasteiger partial charge in [-0.2, -0.15) is 0 Å². The van der Waals surface area contributed by atoms with Crippen molar-refractivity contribution in [2.24, 2.45) is 0 Å². The lowest BCUT2D eigenvalue weighted by molar-refractivity contribution is 0.0947. The average Bonchev–Trinajstić information content (AvgIpc) is 3.07. The standard InChI is InChI=1S/C16H13N3OS/c20-16-15-14(19-7-5-9(8-19)18-16)13-10-2-1-6-17-11(10)3-4-12(13)21-15/h1-4,6,9H,5,7-8H2,(H,18,20). The van der Waals surface area contributed by atoms with Crippen LogP contribution in [-0.4, -0.2) is 30.0 Å². The number of rotatable bonds is 0. The van der Waals surface area contributed by atoms with Crippen LogP contribution in [0.2, 0.25) is 0 Å². The van der Waals surface area contributed by atoms with E-state index in [2.05, 4.69) is 27.3 Å². The minimum absolute atomic E-state index is 0.0791. The van der Waals surface area contributed by atoms with Crippen LogP contribution in [-0.2, 0) is 0 Å². The van der Waals surface area contributed by atoms with Gasteiger partial charge in [0.1, 0.15) is 4.88 Å². The fourth-order valence-electron chi connectivity index (χ4n) is 3.52. The molecule has 2 aliphatic heterocycles. The second kappa shape index (κ2) is 3.95. The first kappa shape index (κ1) is 11.5. The summed E-state index contributed by atoms with van der Waals surface area (Å²) in [5.41, 5.74) is 2.11. The maximum Gasteiger partial charge on any atom is 0.263 e. The molecule has 1 N–H and O–H groups in total. The molecule has 2 aliphatic rings. The lowest BCUT2D eigenvalue weighted by Crippen LogP contribution is -2.33. The van der Waals surface area contributed by atoms with Crippen molar-refractivity contribution >= 4 is 43.9 Å². The van der Waals surface area contributed by atoms with Gasteiger partial charge in [-0.05, 0) is 24.6 Å². The first-order valence-electron chi connectivity index (χ1n) is 7.17. The van der Waals surface area contributed by atoms with Crippen LogP contribution in [0.3, 0.4) is 0 Å². The van der Waals surface area contributed by atoms with Crippen LogP contribution in [0.15, 0.2) is 30.5 Å². The minimum Gasteiger partial charge on any atom is -0.368 e. The lowest BCUT2D eigenvalue weighted by Gasteiger charge is -2.17. The predicted molar refractivity (Wildman–Crippen MR) is 85.2 cm³/mol. The zero-order valence-electron chi connectivity index (χ0n) is 11.3. The molecule has 5 heteroatoms. The van der Waals surface area contributed by atoms with Gasteiger partial charge < -0.3 is 10.2 Å². The molecule has 0 radical (unpaired) electrons. The van der Waals surface area contributed by atoms with Gasteiger partial charge in [0.05, 0.1) is 11.2 Å². The molecule has 0 aliphatic carbocycles. The van der Waals surface area contributed by atoms with Gasteiger partial charge in [-0.25, -0.2) is 0 Å². The SMILES string of the molecule is O=C1NC2CCN(C2)c2c1sc1ccc3ncccc3c21. The largest absolute Gasteiger partial charge is 0.368 e. The average molecular weight is 295 g/mol. The van der Waals surface area contributed by atoms with E-state index in [4.69, 9.17) is 0 Å². The van der Waals surface area contributed by atoms with Gasteiger partial charge >= 0.3 is 0 Å². The van der Waals surface area contributed by atoms with Gasteiger partial charge in [-0.1, -0.05) is 6.07 Å². The van der Waals surface area contributed by atoms with Crippen molar-refractivity contribution in [3.05, 3.63) is 35.3 Å². The Bertz CT molecular complexity index is 901. The van der Waals surface area contributed by atoms with E-state index in [0.717, 1.165) is 41.0 Å². The summed E-state index contributed by atoms with van der Waals surface area (Å²) in [6, 6.07) is 8.49. The molecule has 2 aromatic heterocycles. The van der Waals surface area contributed by atoms with Crippen molar-refractivity contribution in [1.29, 1.82) is 0 Å². The number of anilines is 1. The lowest BCUT2D eigenvalue weighted by atomic mass is 10.1. The quantitative estimate of drug-likeness (QED) is 0.693. The Morgan fingerprint density at radius 2 is 2.29 bits per heavy atom. The van der Waals surface area contributed by atoms with Crippen LogP contribution in [0.5, 0.6) is 0 Å². The summed E-state index contributed by atoms with van der Waals surface area (Å²) in [5, 5.41) is 5.49. The predicted octanol–water partition coefficient (Wildman–Crippen LogP) is 2.77. The van der Waals surface area contributed by atoms with E-state index in [0.29, 0.717) is 6.04 Å². The second-order valence-corrected chi connectivity index (χ2v) is 6.75. The molecular weight excluding hydrogens is 282 g/mol. The van der Waals surface area contributed by atoms with Crippen molar-refractivity contribution in [2.75, 3.05) is 18.0 Å². The highest BCUT2D eigenvalue weighted by molar-refractivity contribution is 7.21. The zero-order chi connectivity index (χ0) is 14.0. The molecule has 2 bridgehead atoms. The summed E-state index contributed by atoms with van der Waals surface area (Å²) in [6.07, 6.45) is 2.85. The maximum atomic E-state index is 12.5. The first-order chi connectivity index (χ1) is 10.3. The van der Waals surface area contributed by atoms with E-state index in [-0.39, 0.29) is 5.91 Å². The molecule has 4 heterocycles. The Hall–Kier alpha value is -2.14. The Labute approximate surface area is 125 Å². The number of benzene rings is 1. The Morgan fingerprint density at radius 3 is 3.24 bits per heavy atom. The maximum absolute atomic E-state index is 12.5. The molecule has 0 saturated carbocycles. The van der Waals surface area contributed by atoms with Gasteiger partial charge in [0.2, 0.25) is 0 Å². The molecule has 1 saturated heterocycles. The van der Waals surface area contributed by atoms with Crippen LogP contribution in [0.1, 0.15) is 16.1 Å². The Kier molecular flexibility index (Phi) is 2.16. The number of amides is 1. The summed E-state index contributed by atoms with van der Waals surface area (Å²) in [4.78, 5) is 20.1. The molecule has 3 aromatic rings. The highest BCUT2D eigenvalue weighted by Gasteiger charge is 2.34. The molecule has 1 unspecified atom stereocenters. The van der Waals surface area contributed by atoms with Crippen LogP contribution >= 0.6 is 11.3 Å². The van der Waals surface area contributed by atoms with E-state index in [9.17, 15) is 4.79 Å². The summed E-state index contributed by atoms with van der Waals surface area (Å²) in [5.74, 6) is 0.0791. The number of nitrogens with zero attached hydrogens (tertiary/aromatic N) is 2. The number of fused-ring (bicyclic) bond motifs is 8. The highest BCUT2D eigenvalue weighted by atomic mass is 32.1.